The molecule has 0 aliphatic heterocycles. The normalized spacial score (nSPS) is 10.2. The number of rotatable bonds is 4. The lowest BCUT2D eigenvalue weighted by Gasteiger charge is -2.04. The predicted octanol–water partition coefficient (Wildman–Crippen LogP) is 3.68. The Morgan fingerprint density at radius 2 is 2.18 bits per heavy atom. The van der Waals surface area contributed by atoms with Crippen molar-refractivity contribution in [2.24, 2.45) is 0 Å². The van der Waals surface area contributed by atoms with Crippen molar-refractivity contribution in [2.45, 2.75) is 6.61 Å². The molecule has 2 rings (SSSR count). The van der Waals surface area contributed by atoms with Crippen LogP contribution in [0.4, 0.5) is 0 Å². The van der Waals surface area contributed by atoms with E-state index in [1.54, 1.807) is 36.4 Å². The summed E-state index contributed by atoms with van der Waals surface area (Å²) in [6.45, 7) is 0.346. The van der Waals surface area contributed by atoms with Gasteiger partial charge in [-0.05, 0) is 30.3 Å². The van der Waals surface area contributed by atoms with E-state index in [0.29, 0.717) is 22.3 Å². The number of hydrogen-bond donors (Lipinski definition) is 1. The standard InChI is InChI=1S/C12H9ClO3S/c13-8-2-1-3-9(6-8)16-7-10-4-5-11(17-10)12(14)15/h1-6H,7H2,(H,14,15). The van der Waals surface area contributed by atoms with Crippen molar-refractivity contribution < 1.29 is 14.6 Å². The Bertz CT molecular complexity index is 536. The van der Waals surface area contributed by atoms with Crippen LogP contribution < -0.4 is 4.74 Å². The Hall–Kier alpha value is -1.52. The molecule has 0 radical (unpaired) electrons. The molecule has 0 aliphatic rings. The van der Waals surface area contributed by atoms with Gasteiger partial charge in [-0.25, -0.2) is 4.79 Å². The van der Waals surface area contributed by atoms with Crippen LogP contribution in [0.5, 0.6) is 5.75 Å². The Morgan fingerprint density at radius 3 is 2.82 bits per heavy atom. The molecule has 88 valence electrons. The number of benzene rings is 1. The van der Waals surface area contributed by atoms with Crippen LogP contribution in [0.2, 0.25) is 5.02 Å². The molecule has 5 heteroatoms. The van der Waals surface area contributed by atoms with Crippen LogP contribution >= 0.6 is 22.9 Å². The lowest BCUT2D eigenvalue weighted by Crippen LogP contribution is -1.92. The van der Waals surface area contributed by atoms with Crippen molar-refractivity contribution in [1.82, 2.24) is 0 Å². The van der Waals surface area contributed by atoms with Gasteiger partial charge in [-0.2, -0.15) is 0 Å². The molecule has 3 nitrogen and oxygen atoms in total. The summed E-state index contributed by atoms with van der Waals surface area (Å²) >= 11 is 7.02. The highest BCUT2D eigenvalue weighted by Gasteiger charge is 2.07. The second kappa shape index (κ2) is 5.21. The summed E-state index contributed by atoms with van der Waals surface area (Å²) in [5.74, 6) is -0.244. The fourth-order valence-electron chi connectivity index (χ4n) is 1.28. The maximum atomic E-state index is 10.7. The van der Waals surface area contributed by atoms with Gasteiger partial charge >= 0.3 is 5.97 Å². The monoisotopic (exact) mass is 268 g/mol. The summed E-state index contributed by atoms with van der Waals surface area (Å²) in [7, 11) is 0. The topological polar surface area (TPSA) is 46.5 Å². The number of halogens is 1. The van der Waals surface area contributed by atoms with Crippen LogP contribution in [0.3, 0.4) is 0 Å². The fraction of sp³-hybridized carbons (Fsp3) is 0.0833. The average molecular weight is 269 g/mol. The van der Waals surface area contributed by atoms with Crippen LogP contribution in [0.1, 0.15) is 14.5 Å². The first kappa shape index (κ1) is 12.0. The molecule has 0 fully saturated rings. The van der Waals surface area contributed by atoms with Gasteiger partial charge in [0.15, 0.2) is 0 Å². The summed E-state index contributed by atoms with van der Waals surface area (Å²) in [6, 6.07) is 10.4. The highest BCUT2D eigenvalue weighted by molar-refractivity contribution is 7.13. The number of ether oxygens (including phenoxy) is 1. The molecule has 0 saturated heterocycles. The van der Waals surface area contributed by atoms with Gasteiger partial charge in [0, 0.05) is 9.90 Å². The maximum absolute atomic E-state index is 10.7. The minimum absolute atomic E-state index is 0.315. The minimum Gasteiger partial charge on any atom is -0.488 e. The van der Waals surface area contributed by atoms with Crippen LogP contribution in [0, 0.1) is 0 Å². The van der Waals surface area contributed by atoms with Crippen LogP contribution in [-0.2, 0) is 6.61 Å². The van der Waals surface area contributed by atoms with E-state index < -0.39 is 5.97 Å². The lowest BCUT2D eigenvalue weighted by atomic mass is 10.3. The van der Waals surface area contributed by atoms with Crippen molar-refractivity contribution in [3.8, 4) is 5.75 Å². The Labute approximate surface area is 107 Å². The van der Waals surface area contributed by atoms with Crippen molar-refractivity contribution >= 4 is 28.9 Å². The molecule has 1 aromatic heterocycles. The molecule has 1 N–H and O–H groups in total. The summed E-state index contributed by atoms with van der Waals surface area (Å²) in [6.07, 6.45) is 0. The molecular formula is C12H9ClO3S. The van der Waals surface area contributed by atoms with Gasteiger partial charge < -0.3 is 9.84 Å². The van der Waals surface area contributed by atoms with Gasteiger partial charge in [0.05, 0.1) is 0 Å². The molecule has 0 atom stereocenters. The van der Waals surface area contributed by atoms with Crippen molar-refractivity contribution in [1.29, 1.82) is 0 Å². The molecule has 1 heterocycles. The SMILES string of the molecule is O=C(O)c1ccc(COc2cccc(Cl)c2)s1. The second-order valence-electron chi connectivity index (χ2n) is 3.32. The van der Waals surface area contributed by atoms with Gasteiger partial charge in [-0.1, -0.05) is 17.7 Å². The first-order chi connectivity index (χ1) is 8.15. The number of carboxylic acids is 1. The second-order valence-corrected chi connectivity index (χ2v) is 4.92. The smallest absolute Gasteiger partial charge is 0.345 e. The Balaban J connectivity index is 2.00. The molecule has 0 saturated carbocycles. The fourth-order valence-corrected chi connectivity index (χ4v) is 2.22. The lowest BCUT2D eigenvalue weighted by molar-refractivity contribution is 0.0702. The third-order valence-electron chi connectivity index (χ3n) is 2.05. The third-order valence-corrected chi connectivity index (χ3v) is 3.33. The van der Waals surface area contributed by atoms with Crippen LogP contribution in [0.15, 0.2) is 36.4 Å². The first-order valence-electron chi connectivity index (χ1n) is 4.85. The van der Waals surface area contributed by atoms with E-state index in [1.165, 1.54) is 11.3 Å². The number of carboxylic acid groups (broad SMARTS) is 1. The quantitative estimate of drug-likeness (QED) is 0.920. The number of thiophene rings is 1. The van der Waals surface area contributed by atoms with Crippen molar-refractivity contribution in [2.75, 3.05) is 0 Å². The zero-order valence-electron chi connectivity index (χ0n) is 8.72. The summed E-state index contributed by atoms with van der Waals surface area (Å²) < 4.78 is 5.50. The van der Waals surface area contributed by atoms with E-state index in [-0.39, 0.29) is 0 Å². The number of aromatic carboxylic acids is 1. The first-order valence-corrected chi connectivity index (χ1v) is 6.05. The minimum atomic E-state index is -0.913. The predicted molar refractivity (Wildman–Crippen MR) is 67.1 cm³/mol. The van der Waals surface area contributed by atoms with E-state index in [9.17, 15) is 4.79 Å². The Morgan fingerprint density at radius 1 is 1.35 bits per heavy atom. The average Bonchev–Trinajstić information content (AvgIpc) is 2.75. The molecule has 1 aromatic carbocycles. The van der Waals surface area contributed by atoms with Gasteiger partial charge in [-0.15, -0.1) is 11.3 Å². The summed E-state index contributed by atoms with van der Waals surface area (Å²) in [5, 5.41) is 9.38. The van der Waals surface area contributed by atoms with E-state index in [2.05, 4.69) is 0 Å². The molecule has 2 aromatic rings. The van der Waals surface area contributed by atoms with E-state index in [4.69, 9.17) is 21.4 Å². The molecule has 0 amide bonds. The van der Waals surface area contributed by atoms with Crippen LogP contribution in [0.25, 0.3) is 0 Å². The highest BCUT2D eigenvalue weighted by atomic mass is 35.5. The Kier molecular flexibility index (Phi) is 3.66. The zero-order chi connectivity index (χ0) is 12.3. The van der Waals surface area contributed by atoms with E-state index >= 15 is 0 Å². The summed E-state index contributed by atoms with van der Waals surface area (Å²) in [4.78, 5) is 11.9. The third kappa shape index (κ3) is 3.22. The molecule has 17 heavy (non-hydrogen) atoms. The molecule has 0 aliphatic carbocycles. The molecule has 0 spiro atoms. The largest absolute Gasteiger partial charge is 0.488 e. The van der Waals surface area contributed by atoms with Crippen molar-refractivity contribution in [3.05, 3.63) is 51.2 Å². The van der Waals surface area contributed by atoms with E-state index in [0.717, 1.165) is 4.88 Å². The van der Waals surface area contributed by atoms with Crippen molar-refractivity contribution in [3.63, 3.8) is 0 Å². The molecule has 0 bridgehead atoms. The van der Waals surface area contributed by atoms with Crippen LogP contribution in [-0.4, -0.2) is 11.1 Å². The van der Waals surface area contributed by atoms with E-state index in [1.807, 2.05) is 0 Å². The molecular weight excluding hydrogens is 260 g/mol. The zero-order valence-corrected chi connectivity index (χ0v) is 10.3. The summed E-state index contributed by atoms with van der Waals surface area (Å²) in [5.41, 5.74) is 0. The highest BCUT2D eigenvalue weighted by Crippen LogP contribution is 2.21. The van der Waals surface area contributed by atoms with Gasteiger partial charge in [0.2, 0.25) is 0 Å². The van der Waals surface area contributed by atoms with Gasteiger partial charge in [0.1, 0.15) is 17.2 Å². The number of hydrogen-bond acceptors (Lipinski definition) is 3. The van der Waals surface area contributed by atoms with Gasteiger partial charge in [0.25, 0.3) is 0 Å². The number of carbonyl (C=O) groups is 1. The maximum Gasteiger partial charge on any atom is 0.345 e. The van der Waals surface area contributed by atoms with Gasteiger partial charge in [-0.3, -0.25) is 0 Å². The molecule has 0 unspecified atom stereocenters.